The first-order chi connectivity index (χ1) is 20.1. The first-order valence-corrected chi connectivity index (χ1v) is 15.5. The molecule has 3 aliphatic heterocycles. The van der Waals surface area contributed by atoms with Crippen molar-refractivity contribution in [3.63, 3.8) is 0 Å². The summed E-state index contributed by atoms with van der Waals surface area (Å²) in [4.78, 5) is 20.5. The van der Waals surface area contributed by atoms with Gasteiger partial charge in [-0.2, -0.15) is 0 Å². The maximum absolute atomic E-state index is 14.8. The van der Waals surface area contributed by atoms with Crippen molar-refractivity contribution in [3.05, 3.63) is 46.9 Å². The third kappa shape index (κ3) is 7.53. The van der Waals surface area contributed by atoms with Crippen molar-refractivity contribution in [2.75, 3.05) is 38.2 Å². The molecule has 0 bridgehead atoms. The van der Waals surface area contributed by atoms with Gasteiger partial charge < -0.3 is 24.3 Å². The van der Waals surface area contributed by atoms with Gasteiger partial charge in [0, 0.05) is 43.6 Å². The van der Waals surface area contributed by atoms with Crippen LogP contribution in [-0.4, -0.2) is 66.5 Å². The number of pyridine rings is 1. The van der Waals surface area contributed by atoms with Crippen LogP contribution in [0, 0.1) is 11.7 Å². The zero-order valence-electron chi connectivity index (χ0n) is 25.7. The normalized spacial score (nSPS) is 21.1. The summed E-state index contributed by atoms with van der Waals surface area (Å²) in [6.07, 6.45) is 5.66. The van der Waals surface area contributed by atoms with E-state index < -0.39 is 23.4 Å². The predicted molar refractivity (Wildman–Crippen MR) is 160 cm³/mol. The second-order valence-corrected chi connectivity index (χ2v) is 13.0. The Kier molecular flexibility index (Phi) is 9.57. The zero-order chi connectivity index (χ0) is 29.9. The number of nitrogens with zero attached hydrogens (tertiary/aromatic N) is 2. The summed E-state index contributed by atoms with van der Waals surface area (Å²) in [7, 11) is 0. The number of aromatic nitrogens is 1. The number of rotatable bonds is 10. The van der Waals surface area contributed by atoms with Crippen molar-refractivity contribution >= 4 is 11.8 Å². The smallest absolute Gasteiger partial charge is 0.328 e. The summed E-state index contributed by atoms with van der Waals surface area (Å²) in [5, 5.41) is 3.40. The molecule has 1 N–H and O–H groups in total. The highest BCUT2D eigenvalue weighted by molar-refractivity contribution is 5.80. The Morgan fingerprint density at radius 2 is 2.07 bits per heavy atom. The number of nitrogens with one attached hydrogen (secondary N) is 1. The number of likely N-dealkylation sites (tertiary alicyclic amines) is 1. The first-order valence-electron chi connectivity index (χ1n) is 15.5. The van der Waals surface area contributed by atoms with E-state index in [1.807, 2.05) is 25.7 Å². The van der Waals surface area contributed by atoms with E-state index in [-0.39, 0.29) is 18.1 Å². The minimum Gasteiger partial charge on any atom is -0.486 e. The maximum atomic E-state index is 14.8. The molecule has 1 saturated heterocycles. The zero-order valence-corrected chi connectivity index (χ0v) is 25.7. The number of carbonyl (C=O) groups is 1. The molecule has 9 heteroatoms. The Balaban J connectivity index is 1.22. The topological polar surface area (TPSA) is 82.2 Å². The van der Waals surface area contributed by atoms with Crippen molar-refractivity contribution in [1.82, 2.24) is 9.88 Å². The van der Waals surface area contributed by atoms with Gasteiger partial charge in [-0.15, -0.1) is 0 Å². The Bertz CT molecular complexity index is 1250. The monoisotopic (exact) mass is 583 g/mol. The van der Waals surface area contributed by atoms with E-state index in [1.54, 1.807) is 0 Å². The Morgan fingerprint density at radius 3 is 2.86 bits per heavy atom. The fraction of sp³-hybridized carbons (Fsp3) is 0.636. The second-order valence-electron chi connectivity index (χ2n) is 13.0. The first kappa shape index (κ1) is 30.5. The number of esters is 1. The summed E-state index contributed by atoms with van der Waals surface area (Å²) in [5.41, 5.74) is 2.16. The average Bonchev–Trinajstić information content (AvgIpc) is 3.39. The van der Waals surface area contributed by atoms with Gasteiger partial charge in [0.05, 0.1) is 6.10 Å². The molecular weight excluding hydrogens is 537 g/mol. The fourth-order valence-corrected chi connectivity index (χ4v) is 5.83. The standard InChI is InChI=1S/C33H46FN3O5/c1-21(2)28-20-40-27-18-23(34)17-26(30(27)41-28)29(32(38)42-33(3,4)5)37-15-13-25(19-37)39-16-7-6-10-24-12-11-22-9-8-14-35-31(22)36-24/h11-12,17-18,21,25,28-29H,6-10,13-16,19-20H2,1-5H3,(H,35,36). The summed E-state index contributed by atoms with van der Waals surface area (Å²) in [6.45, 7) is 12.8. The van der Waals surface area contributed by atoms with Gasteiger partial charge in [0.25, 0.3) is 0 Å². The van der Waals surface area contributed by atoms with Crippen molar-refractivity contribution in [2.45, 2.75) is 97.0 Å². The lowest BCUT2D eigenvalue weighted by atomic mass is 10.0. The van der Waals surface area contributed by atoms with E-state index in [9.17, 15) is 9.18 Å². The maximum Gasteiger partial charge on any atom is 0.328 e. The van der Waals surface area contributed by atoms with Crippen molar-refractivity contribution < 1.29 is 28.1 Å². The number of benzene rings is 1. The quantitative estimate of drug-likeness (QED) is 0.275. The lowest BCUT2D eigenvalue weighted by molar-refractivity contribution is -0.161. The molecule has 3 aliphatic rings. The Morgan fingerprint density at radius 1 is 1.24 bits per heavy atom. The lowest BCUT2D eigenvalue weighted by Gasteiger charge is -2.34. The molecule has 42 heavy (non-hydrogen) atoms. The highest BCUT2D eigenvalue weighted by atomic mass is 19.1. The molecule has 0 saturated carbocycles. The van der Waals surface area contributed by atoms with Gasteiger partial charge in [0.15, 0.2) is 11.5 Å². The highest BCUT2D eigenvalue weighted by Gasteiger charge is 2.40. The van der Waals surface area contributed by atoms with Crippen LogP contribution in [0.2, 0.25) is 0 Å². The van der Waals surface area contributed by atoms with Crippen LogP contribution in [0.25, 0.3) is 0 Å². The van der Waals surface area contributed by atoms with Gasteiger partial charge in [0.1, 0.15) is 36.0 Å². The SMILES string of the molecule is CC(C)C1COc2cc(F)cc(C(C(=O)OC(C)(C)C)N3CCC(OCCCCc4ccc5c(n4)NCCC5)C3)c2O1. The van der Waals surface area contributed by atoms with Gasteiger partial charge in [-0.1, -0.05) is 19.9 Å². The lowest BCUT2D eigenvalue weighted by Crippen LogP contribution is -2.39. The number of anilines is 1. The van der Waals surface area contributed by atoms with Crippen LogP contribution >= 0.6 is 0 Å². The number of ether oxygens (including phenoxy) is 4. The molecule has 1 fully saturated rings. The molecule has 1 aromatic heterocycles. The summed E-state index contributed by atoms with van der Waals surface area (Å²) in [6, 6.07) is 6.22. The van der Waals surface area contributed by atoms with Gasteiger partial charge >= 0.3 is 5.97 Å². The van der Waals surface area contributed by atoms with E-state index in [4.69, 9.17) is 23.9 Å². The van der Waals surface area contributed by atoms with Crippen molar-refractivity contribution in [3.8, 4) is 11.5 Å². The molecule has 0 spiro atoms. The van der Waals surface area contributed by atoms with E-state index >= 15 is 0 Å². The van der Waals surface area contributed by atoms with E-state index in [0.29, 0.717) is 43.4 Å². The van der Waals surface area contributed by atoms with Crippen LogP contribution in [-0.2, 0) is 27.1 Å². The van der Waals surface area contributed by atoms with Crippen LogP contribution in [0.1, 0.15) is 83.2 Å². The number of aryl methyl sites for hydroxylation is 2. The van der Waals surface area contributed by atoms with Gasteiger partial charge in [-0.25, -0.2) is 14.2 Å². The largest absolute Gasteiger partial charge is 0.486 e. The molecule has 0 radical (unpaired) electrons. The summed E-state index contributed by atoms with van der Waals surface area (Å²) >= 11 is 0. The summed E-state index contributed by atoms with van der Waals surface area (Å²) < 4.78 is 39.2. The number of hydrogen-bond donors (Lipinski definition) is 1. The fourth-order valence-electron chi connectivity index (χ4n) is 5.83. The number of hydrogen-bond acceptors (Lipinski definition) is 8. The molecule has 8 nitrogen and oxygen atoms in total. The molecule has 3 atom stereocenters. The van der Waals surface area contributed by atoms with Gasteiger partial charge in [-0.3, -0.25) is 4.90 Å². The molecule has 2 aromatic rings. The summed E-state index contributed by atoms with van der Waals surface area (Å²) in [5.74, 6) is 1.08. The highest BCUT2D eigenvalue weighted by Crippen LogP contribution is 2.43. The van der Waals surface area contributed by atoms with Crippen LogP contribution in [0.15, 0.2) is 24.3 Å². The number of unbranched alkanes of at least 4 members (excludes halogenated alkanes) is 1. The Hall–Kier alpha value is -2.91. The number of carbonyl (C=O) groups excluding carboxylic acids is 1. The second kappa shape index (κ2) is 13.2. The predicted octanol–water partition coefficient (Wildman–Crippen LogP) is 5.87. The molecule has 0 aliphatic carbocycles. The van der Waals surface area contributed by atoms with Crippen molar-refractivity contribution in [2.24, 2.45) is 5.92 Å². The van der Waals surface area contributed by atoms with Crippen LogP contribution in [0.3, 0.4) is 0 Å². The average molecular weight is 584 g/mol. The molecule has 1 aromatic carbocycles. The Labute approximate surface area is 249 Å². The van der Waals surface area contributed by atoms with E-state index in [1.165, 1.54) is 17.7 Å². The number of fused-ring (bicyclic) bond motifs is 2. The van der Waals surface area contributed by atoms with Crippen LogP contribution in [0.5, 0.6) is 11.5 Å². The molecule has 230 valence electrons. The van der Waals surface area contributed by atoms with Gasteiger partial charge in [-0.05, 0) is 82.9 Å². The van der Waals surface area contributed by atoms with Crippen LogP contribution in [0.4, 0.5) is 10.2 Å². The molecular formula is C33H46FN3O5. The molecule has 5 rings (SSSR count). The molecule has 3 unspecified atom stereocenters. The molecule has 4 heterocycles. The van der Waals surface area contributed by atoms with Crippen LogP contribution < -0.4 is 14.8 Å². The van der Waals surface area contributed by atoms with Gasteiger partial charge in [0.2, 0.25) is 0 Å². The third-order valence-corrected chi connectivity index (χ3v) is 8.06. The minimum absolute atomic E-state index is 0.0222. The number of halogens is 1. The van der Waals surface area contributed by atoms with Crippen molar-refractivity contribution in [1.29, 1.82) is 0 Å². The minimum atomic E-state index is -0.833. The van der Waals surface area contributed by atoms with E-state index in [2.05, 4.69) is 31.3 Å². The molecule has 0 amide bonds. The van der Waals surface area contributed by atoms with E-state index in [0.717, 1.165) is 56.6 Å². The third-order valence-electron chi connectivity index (χ3n) is 8.06.